The molecule has 8 nitrogen and oxygen atoms in total. The van der Waals surface area contributed by atoms with E-state index in [1.165, 1.54) is 12.1 Å². The second kappa shape index (κ2) is 7.44. The Kier molecular flexibility index (Phi) is 4.90. The average molecular weight is 330 g/mol. The minimum Gasteiger partial charge on any atom is -0.350 e. The maximum absolute atomic E-state index is 12.9. The molecule has 0 saturated carbocycles. The molecule has 1 aromatic carbocycles. The van der Waals surface area contributed by atoms with Gasteiger partial charge in [0.15, 0.2) is 0 Å². The van der Waals surface area contributed by atoms with E-state index in [2.05, 4.69) is 30.9 Å². The lowest BCUT2D eigenvalue weighted by Gasteiger charge is -2.01. The summed E-state index contributed by atoms with van der Waals surface area (Å²) in [6.45, 7) is 0.338. The monoisotopic (exact) mass is 330 g/mol. The number of hydrogen-bond donors (Lipinski definition) is 2. The number of aromatic amines is 1. The summed E-state index contributed by atoms with van der Waals surface area (Å²) in [5.41, 5.74) is 1.35. The Morgan fingerprint density at radius 3 is 2.88 bits per heavy atom. The van der Waals surface area contributed by atoms with E-state index in [0.717, 1.165) is 0 Å². The zero-order chi connectivity index (χ0) is 16.8. The first-order valence-electron chi connectivity index (χ1n) is 7.40. The van der Waals surface area contributed by atoms with E-state index in [1.807, 2.05) is 0 Å². The van der Waals surface area contributed by atoms with Crippen molar-refractivity contribution in [2.75, 3.05) is 0 Å². The highest BCUT2D eigenvalue weighted by Crippen LogP contribution is 2.16. The molecule has 0 aliphatic rings. The van der Waals surface area contributed by atoms with Crippen molar-refractivity contribution < 1.29 is 13.7 Å². The Hall–Kier alpha value is -3.10. The molecule has 0 unspecified atom stereocenters. The number of nitrogens with one attached hydrogen (secondary N) is 2. The van der Waals surface area contributed by atoms with Gasteiger partial charge in [-0.1, -0.05) is 5.16 Å². The Morgan fingerprint density at radius 1 is 1.29 bits per heavy atom. The summed E-state index contributed by atoms with van der Waals surface area (Å²) in [6, 6.07) is 5.85. The molecule has 0 spiro atoms. The minimum atomic E-state index is -0.320. The van der Waals surface area contributed by atoms with Gasteiger partial charge in [0, 0.05) is 18.4 Å². The highest BCUT2D eigenvalue weighted by molar-refractivity contribution is 5.75. The maximum atomic E-state index is 12.9. The van der Waals surface area contributed by atoms with Crippen molar-refractivity contribution in [3.8, 4) is 11.4 Å². The largest absolute Gasteiger partial charge is 0.350 e. The number of amides is 1. The van der Waals surface area contributed by atoms with Gasteiger partial charge < -0.3 is 9.84 Å². The van der Waals surface area contributed by atoms with Crippen LogP contribution in [0.4, 0.5) is 4.39 Å². The Bertz CT molecular complexity index is 785. The SMILES string of the molecule is O=C(CCCc1nc(-c2ccc(F)cc2)no1)NCc1cn[nH]n1. The molecule has 3 aromatic rings. The third-order valence-electron chi connectivity index (χ3n) is 3.30. The standard InChI is InChI=1S/C15H15FN6O2/c16-11-6-4-10(5-7-11)15-19-14(24-21-15)3-1-2-13(23)17-8-12-9-18-22-20-12/h4-7,9H,1-3,8H2,(H,17,23)(H,18,20,22). The molecule has 0 radical (unpaired) electrons. The molecule has 0 fully saturated rings. The number of halogens is 1. The van der Waals surface area contributed by atoms with Gasteiger partial charge in [0.25, 0.3) is 0 Å². The van der Waals surface area contributed by atoms with E-state index < -0.39 is 0 Å². The van der Waals surface area contributed by atoms with Gasteiger partial charge in [0.1, 0.15) is 11.5 Å². The zero-order valence-electron chi connectivity index (χ0n) is 12.7. The van der Waals surface area contributed by atoms with Crippen LogP contribution in [-0.4, -0.2) is 31.5 Å². The van der Waals surface area contributed by atoms with Crippen LogP contribution in [0.5, 0.6) is 0 Å². The molecule has 0 aliphatic heterocycles. The molecular formula is C15H15FN6O2. The normalized spacial score (nSPS) is 10.7. The molecule has 0 bridgehead atoms. The smallest absolute Gasteiger partial charge is 0.226 e. The molecule has 0 atom stereocenters. The highest BCUT2D eigenvalue weighted by atomic mass is 19.1. The number of aryl methyl sites for hydroxylation is 1. The van der Waals surface area contributed by atoms with Crippen molar-refractivity contribution in [2.24, 2.45) is 0 Å². The summed E-state index contributed by atoms with van der Waals surface area (Å²) >= 11 is 0. The fraction of sp³-hybridized carbons (Fsp3) is 0.267. The van der Waals surface area contributed by atoms with Crippen molar-refractivity contribution in [3.05, 3.63) is 47.9 Å². The number of rotatable bonds is 7. The number of hydrogen-bond acceptors (Lipinski definition) is 6. The predicted octanol–water partition coefficient (Wildman–Crippen LogP) is 1.63. The van der Waals surface area contributed by atoms with Crippen LogP contribution < -0.4 is 5.32 Å². The molecule has 24 heavy (non-hydrogen) atoms. The molecular weight excluding hydrogens is 315 g/mol. The Morgan fingerprint density at radius 2 is 2.12 bits per heavy atom. The first kappa shape index (κ1) is 15.8. The first-order valence-corrected chi connectivity index (χ1v) is 7.40. The van der Waals surface area contributed by atoms with E-state index in [4.69, 9.17) is 4.52 Å². The van der Waals surface area contributed by atoms with Crippen molar-refractivity contribution in [1.29, 1.82) is 0 Å². The quantitative estimate of drug-likeness (QED) is 0.681. The summed E-state index contributed by atoms with van der Waals surface area (Å²) < 4.78 is 18.0. The first-order chi connectivity index (χ1) is 11.7. The van der Waals surface area contributed by atoms with Crippen LogP contribution in [0.2, 0.25) is 0 Å². The van der Waals surface area contributed by atoms with Crippen LogP contribution in [0.3, 0.4) is 0 Å². The van der Waals surface area contributed by atoms with Crippen molar-refractivity contribution in [2.45, 2.75) is 25.8 Å². The highest BCUT2D eigenvalue weighted by Gasteiger charge is 2.10. The van der Waals surface area contributed by atoms with Gasteiger partial charge in [-0.05, 0) is 30.7 Å². The van der Waals surface area contributed by atoms with Gasteiger partial charge in [-0.15, -0.1) is 0 Å². The maximum Gasteiger partial charge on any atom is 0.226 e. The fourth-order valence-electron chi connectivity index (χ4n) is 2.06. The molecule has 2 N–H and O–H groups in total. The number of nitrogens with zero attached hydrogens (tertiary/aromatic N) is 4. The van der Waals surface area contributed by atoms with Crippen LogP contribution in [0.15, 0.2) is 35.0 Å². The number of carbonyl (C=O) groups excluding carboxylic acids is 1. The fourth-order valence-corrected chi connectivity index (χ4v) is 2.06. The van der Waals surface area contributed by atoms with Gasteiger partial charge in [0.05, 0.1) is 12.7 Å². The molecule has 0 aliphatic carbocycles. The average Bonchev–Trinajstić information content (AvgIpc) is 3.25. The van der Waals surface area contributed by atoms with Crippen LogP contribution in [0, 0.1) is 5.82 Å². The van der Waals surface area contributed by atoms with Gasteiger partial charge in [-0.25, -0.2) is 4.39 Å². The number of carbonyl (C=O) groups is 1. The zero-order valence-corrected chi connectivity index (χ0v) is 12.7. The Labute approximate surface area is 136 Å². The summed E-state index contributed by atoms with van der Waals surface area (Å²) in [4.78, 5) is 16.0. The van der Waals surface area contributed by atoms with E-state index >= 15 is 0 Å². The van der Waals surface area contributed by atoms with Crippen LogP contribution in [-0.2, 0) is 17.8 Å². The number of benzene rings is 1. The molecule has 1 amide bonds. The molecule has 124 valence electrons. The molecule has 2 aromatic heterocycles. The van der Waals surface area contributed by atoms with Crippen molar-refractivity contribution >= 4 is 5.91 Å². The third kappa shape index (κ3) is 4.22. The third-order valence-corrected chi connectivity index (χ3v) is 3.30. The predicted molar refractivity (Wildman–Crippen MR) is 80.9 cm³/mol. The lowest BCUT2D eigenvalue weighted by molar-refractivity contribution is -0.121. The summed E-state index contributed by atoms with van der Waals surface area (Å²) in [6.07, 6.45) is 2.96. The van der Waals surface area contributed by atoms with Crippen LogP contribution >= 0.6 is 0 Å². The summed E-state index contributed by atoms with van der Waals surface area (Å²) in [5, 5.41) is 16.6. The summed E-state index contributed by atoms with van der Waals surface area (Å²) in [5.74, 6) is 0.439. The second-order valence-corrected chi connectivity index (χ2v) is 5.11. The van der Waals surface area contributed by atoms with Crippen LogP contribution in [0.25, 0.3) is 11.4 Å². The second-order valence-electron chi connectivity index (χ2n) is 5.11. The van der Waals surface area contributed by atoms with E-state index in [-0.39, 0.29) is 11.7 Å². The molecule has 0 saturated heterocycles. The minimum absolute atomic E-state index is 0.0868. The molecule has 3 rings (SSSR count). The molecule has 9 heteroatoms. The van der Waals surface area contributed by atoms with Crippen molar-refractivity contribution in [3.63, 3.8) is 0 Å². The van der Waals surface area contributed by atoms with Gasteiger partial charge >= 0.3 is 0 Å². The van der Waals surface area contributed by atoms with Crippen LogP contribution in [0.1, 0.15) is 24.4 Å². The lowest BCUT2D eigenvalue weighted by Crippen LogP contribution is -2.22. The topological polar surface area (TPSA) is 110 Å². The number of aromatic nitrogens is 5. The lowest BCUT2D eigenvalue weighted by atomic mass is 10.2. The Balaban J connectivity index is 1.43. The van der Waals surface area contributed by atoms with E-state index in [9.17, 15) is 9.18 Å². The number of H-pyrrole nitrogens is 1. The summed E-state index contributed by atoms with van der Waals surface area (Å²) in [7, 11) is 0. The van der Waals surface area contributed by atoms with Crippen molar-refractivity contribution in [1.82, 2.24) is 30.9 Å². The van der Waals surface area contributed by atoms with Gasteiger partial charge in [-0.3, -0.25) is 4.79 Å². The van der Waals surface area contributed by atoms with Gasteiger partial charge in [0.2, 0.25) is 17.6 Å². The van der Waals surface area contributed by atoms with Gasteiger partial charge in [-0.2, -0.15) is 20.4 Å². The van der Waals surface area contributed by atoms with E-state index in [1.54, 1.807) is 18.3 Å². The molecule has 2 heterocycles. The van der Waals surface area contributed by atoms with E-state index in [0.29, 0.717) is 48.8 Å².